The van der Waals surface area contributed by atoms with Gasteiger partial charge >= 0.3 is 21.7 Å². The van der Waals surface area contributed by atoms with Crippen LogP contribution in [0, 0.1) is 23.7 Å². The van der Waals surface area contributed by atoms with Gasteiger partial charge < -0.3 is 20.4 Å². The molecule has 8 unspecified atom stereocenters. The molecule has 0 aliphatic carbocycles. The van der Waals surface area contributed by atoms with Gasteiger partial charge in [-0.3, -0.25) is 0 Å². The first-order valence-electron chi connectivity index (χ1n) is 15.0. The van der Waals surface area contributed by atoms with E-state index in [0.717, 1.165) is 51.4 Å². The van der Waals surface area contributed by atoms with E-state index in [-0.39, 0.29) is 21.7 Å². The van der Waals surface area contributed by atoms with Gasteiger partial charge in [0.05, 0.1) is 0 Å². The number of rotatable bonds is 12. The summed E-state index contributed by atoms with van der Waals surface area (Å²) in [6, 6.07) is 0. The molecule has 0 fully saturated rings. The molecular weight excluding hydrogens is 496 g/mol. The predicted molar refractivity (Wildman–Crippen MR) is 153 cm³/mol. The maximum Gasteiger partial charge on any atom is 4.00 e. The molecule has 0 bridgehead atoms. The van der Waals surface area contributed by atoms with Crippen molar-refractivity contribution in [1.29, 1.82) is 0 Å². The fraction of sp³-hybridized carbons (Fsp3) is 1.00. The third-order valence-electron chi connectivity index (χ3n) is 9.43. The van der Waals surface area contributed by atoms with Crippen LogP contribution in [0.15, 0.2) is 0 Å². The zero-order chi connectivity index (χ0) is 30.0. The first-order chi connectivity index (χ1) is 16.2. The van der Waals surface area contributed by atoms with Crippen LogP contribution < -0.4 is 20.4 Å². The van der Waals surface area contributed by atoms with Gasteiger partial charge in [0.2, 0.25) is 0 Å². The molecule has 37 heavy (non-hydrogen) atoms. The van der Waals surface area contributed by atoms with Crippen LogP contribution in [0.1, 0.15) is 162 Å². The van der Waals surface area contributed by atoms with Crippen molar-refractivity contribution in [3.63, 3.8) is 0 Å². The summed E-state index contributed by atoms with van der Waals surface area (Å²) < 4.78 is 0. The molecule has 5 heteroatoms. The van der Waals surface area contributed by atoms with Gasteiger partial charge in [0, 0.05) is 0 Å². The molecule has 0 aliphatic heterocycles. The maximum absolute atomic E-state index is 11.4. The molecule has 0 N–H and O–H groups in total. The topological polar surface area (TPSA) is 92.2 Å². The normalized spacial score (nSPS) is 20.4. The molecule has 0 heterocycles. The zero-order valence-corrected chi connectivity index (χ0v) is 29.7. The molecule has 0 saturated carbocycles. The Kier molecular flexibility index (Phi) is 29.8. The molecule has 0 rings (SSSR count). The summed E-state index contributed by atoms with van der Waals surface area (Å²) in [6.07, 6.45) is 6.93. The molecule has 0 aromatic heterocycles. The second-order valence-corrected chi connectivity index (χ2v) is 11.9. The summed E-state index contributed by atoms with van der Waals surface area (Å²) in [5.74, 6) is 1.23. The number of hydrogen-bond donors (Lipinski definition) is 0. The van der Waals surface area contributed by atoms with Crippen molar-refractivity contribution in [3.8, 4) is 0 Å². The van der Waals surface area contributed by atoms with Crippen molar-refractivity contribution in [1.82, 2.24) is 0 Å². The Morgan fingerprint density at radius 2 is 0.486 bits per heavy atom. The van der Waals surface area contributed by atoms with Gasteiger partial charge in [-0.05, 0) is 0 Å². The monoisotopic (exact) mass is 564 g/mol. The van der Waals surface area contributed by atoms with Crippen LogP contribution in [0.2, 0.25) is 0 Å². The summed E-state index contributed by atoms with van der Waals surface area (Å²) >= 11 is 0. The molecule has 8 atom stereocenters. The van der Waals surface area contributed by atoms with Crippen LogP contribution in [0.5, 0.6) is 0 Å². The Bertz CT molecular complexity index is 401. The van der Waals surface area contributed by atoms with Crippen LogP contribution in [-0.4, -0.2) is 22.4 Å². The number of hydrogen-bond acceptors (Lipinski definition) is 4. The average molecular weight is 565 g/mol. The van der Waals surface area contributed by atoms with Gasteiger partial charge in [-0.1, -0.05) is 186 Å². The Balaban J connectivity index is -0.000000122. The third kappa shape index (κ3) is 22.0. The Morgan fingerprint density at radius 1 is 0.378 bits per heavy atom. The quantitative estimate of drug-likeness (QED) is 0.262. The smallest absolute Gasteiger partial charge is 0.849 e. The maximum atomic E-state index is 11.4. The van der Waals surface area contributed by atoms with E-state index in [1.54, 1.807) is 27.7 Å². The molecule has 0 aromatic rings. The van der Waals surface area contributed by atoms with Crippen LogP contribution in [-0.2, 0) is 21.7 Å². The van der Waals surface area contributed by atoms with Crippen LogP contribution in [0.25, 0.3) is 0 Å². The van der Waals surface area contributed by atoms with Crippen molar-refractivity contribution in [2.24, 2.45) is 23.7 Å². The Morgan fingerprint density at radius 3 is 0.514 bits per heavy atom. The fourth-order valence-corrected chi connectivity index (χ4v) is 3.12. The fourth-order valence-electron chi connectivity index (χ4n) is 3.12. The molecule has 0 aromatic carbocycles. The van der Waals surface area contributed by atoms with E-state index < -0.39 is 22.4 Å². The van der Waals surface area contributed by atoms with Crippen molar-refractivity contribution in [2.45, 2.75) is 185 Å². The van der Waals surface area contributed by atoms with Crippen molar-refractivity contribution in [2.75, 3.05) is 0 Å². The van der Waals surface area contributed by atoms with Gasteiger partial charge in [-0.2, -0.15) is 0 Å². The van der Waals surface area contributed by atoms with E-state index in [9.17, 15) is 20.4 Å². The van der Waals surface area contributed by atoms with Crippen molar-refractivity contribution < 1.29 is 42.1 Å². The van der Waals surface area contributed by atoms with E-state index in [4.69, 9.17) is 0 Å². The second-order valence-electron chi connectivity index (χ2n) is 11.9. The van der Waals surface area contributed by atoms with E-state index in [0.29, 0.717) is 23.7 Å². The van der Waals surface area contributed by atoms with Crippen LogP contribution in [0.3, 0.4) is 0 Å². The zero-order valence-electron chi connectivity index (χ0n) is 28.1. The van der Waals surface area contributed by atoms with Gasteiger partial charge in [0.25, 0.3) is 0 Å². The minimum Gasteiger partial charge on any atom is -0.849 e. The molecule has 224 valence electrons. The molecule has 0 spiro atoms. The van der Waals surface area contributed by atoms with Gasteiger partial charge in [0.1, 0.15) is 0 Å². The van der Waals surface area contributed by atoms with E-state index in [1.807, 2.05) is 55.4 Å². The molecular formula is C32H68O4Ti. The predicted octanol–water partition coefficient (Wildman–Crippen LogP) is 6.24. The second kappa shape index (κ2) is 23.3. The summed E-state index contributed by atoms with van der Waals surface area (Å²) in [5.41, 5.74) is -2.80. The van der Waals surface area contributed by atoms with E-state index in [2.05, 4.69) is 27.7 Å². The van der Waals surface area contributed by atoms with Gasteiger partial charge in [-0.15, -0.1) is 22.4 Å². The summed E-state index contributed by atoms with van der Waals surface area (Å²) in [4.78, 5) is 0. The third-order valence-corrected chi connectivity index (χ3v) is 9.43. The summed E-state index contributed by atoms with van der Waals surface area (Å²) in [5, 5.41) is 45.6. The van der Waals surface area contributed by atoms with Crippen LogP contribution >= 0.6 is 0 Å². The minimum atomic E-state index is -0.700. The largest absolute Gasteiger partial charge is 4.00 e. The summed E-state index contributed by atoms with van der Waals surface area (Å²) in [7, 11) is 0. The molecule has 4 nitrogen and oxygen atoms in total. The molecule has 0 aliphatic rings. The Labute approximate surface area is 249 Å². The molecule has 0 radical (unpaired) electrons. The van der Waals surface area contributed by atoms with E-state index in [1.165, 1.54) is 0 Å². The minimum absolute atomic E-state index is 0. The SMILES string of the molecule is CCC(C)C(C)([O-])CC.CCC(C)C(C)([O-])CC.CCC(C)C(C)([O-])CC.CCC(C)C(C)([O-])CC.[Ti+4]. The first kappa shape index (κ1) is 47.3. The molecule has 0 saturated heterocycles. The average Bonchev–Trinajstić information content (AvgIpc) is 2.87. The Hall–Kier alpha value is 0.554. The van der Waals surface area contributed by atoms with E-state index >= 15 is 0 Å². The molecule has 0 amide bonds. The van der Waals surface area contributed by atoms with Crippen molar-refractivity contribution in [3.05, 3.63) is 0 Å². The first-order valence-corrected chi connectivity index (χ1v) is 15.0. The van der Waals surface area contributed by atoms with Gasteiger partial charge in [0.15, 0.2) is 0 Å². The van der Waals surface area contributed by atoms with Crippen LogP contribution in [0.4, 0.5) is 0 Å². The van der Waals surface area contributed by atoms with Gasteiger partial charge in [-0.25, -0.2) is 0 Å². The standard InChI is InChI=1S/4C8H17O.Ti/c4*1-5-7(3)8(4,9)6-2;/h4*7H,5-6H2,1-4H3;/q4*-1;+4. The summed E-state index contributed by atoms with van der Waals surface area (Å²) in [6.45, 7) is 31.4. The van der Waals surface area contributed by atoms with Crippen molar-refractivity contribution >= 4 is 0 Å².